The summed E-state index contributed by atoms with van der Waals surface area (Å²) in [5.74, 6) is 1.14. The SMILES string of the molecule is CN(C)C(=S)SC(=S)C1NCCS1. The van der Waals surface area contributed by atoms with E-state index < -0.39 is 0 Å². The van der Waals surface area contributed by atoms with Gasteiger partial charge in [0.15, 0.2) is 0 Å². The van der Waals surface area contributed by atoms with E-state index in [0.717, 1.165) is 20.8 Å². The van der Waals surface area contributed by atoms with E-state index in [9.17, 15) is 0 Å². The summed E-state index contributed by atoms with van der Waals surface area (Å²) in [6.07, 6.45) is 0. The first kappa shape index (κ1) is 11.7. The highest BCUT2D eigenvalue weighted by Crippen LogP contribution is 2.22. The van der Waals surface area contributed by atoms with Gasteiger partial charge < -0.3 is 4.90 Å². The van der Waals surface area contributed by atoms with Gasteiger partial charge in [-0.1, -0.05) is 36.2 Å². The van der Waals surface area contributed by atoms with Gasteiger partial charge >= 0.3 is 0 Å². The number of hydrogen-bond acceptors (Lipinski definition) is 5. The first-order valence-corrected chi connectivity index (χ1v) is 6.57. The van der Waals surface area contributed by atoms with Gasteiger partial charge in [-0.2, -0.15) is 0 Å². The number of thiocarbonyl (C=S) groups is 2. The average Bonchev–Trinajstić information content (AvgIpc) is 2.55. The summed E-state index contributed by atoms with van der Waals surface area (Å²) in [5.41, 5.74) is 0. The minimum atomic E-state index is 0.304. The lowest BCUT2D eigenvalue weighted by Crippen LogP contribution is -2.28. The van der Waals surface area contributed by atoms with Crippen LogP contribution in [-0.2, 0) is 0 Å². The lowest BCUT2D eigenvalue weighted by atomic mass is 10.7. The molecule has 74 valence electrons. The summed E-state index contributed by atoms with van der Waals surface area (Å²) in [6, 6.07) is 0. The molecule has 0 aromatic carbocycles. The minimum Gasteiger partial charge on any atom is -0.363 e. The van der Waals surface area contributed by atoms with Gasteiger partial charge in [-0.25, -0.2) is 0 Å². The maximum atomic E-state index is 5.27. The molecule has 0 saturated carbocycles. The van der Waals surface area contributed by atoms with Crippen molar-refractivity contribution in [3.8, 4) is 0 Å². The third-order valence-electron chi connectivity index (χ3n) is 1.48. The van der Waals surface area contributed by atoms with Gasteiger partial charge in [-0.05, 0) is 0 Å². The molecule has 1 heterocycles. The van der Waals surface area contributed by atoms with Crippen LogP contribution in [0.2, 0.25) is 0 Å². The van der Waals surface area contributed by atoms with Crippen LogP contribution in [0.5, 0.6) is 0 Å². The summed E-state index contributed by atoms with van der Waals surface area (Å²) in [7, 11) is 3.88. The largest absolute Gasteiger partial charge is 0.363 e. The Bertz CT molecular complexity index is 211. The van der Waals surface area contributed by atoms with E-state index in [4.69, 9.17) is 24.4 Å². The molecule has 0 aromatic rings. The number of thioether (sulfide) groups is 2. The molecule has 0 amide bonds. The molecule has 1 aliphatic heterocycles. The molecule has 0 bridgehead atoms. The second-order valence-corrected chi connectivity index (χ2v) is 6.37. The van der Waals surface area contributed by atoms with Crippen LogP contribution >= 0.6 is 48.0 Å². The molecule has 1 N–H and O–H groups in total. The molecule has 1 unspecified atom stereocenters. The molecular weight excluding hydrogens is 240 g/mol. The first-order valence-electron chi connectivity index (χ1n) is 3.89. The highest BCUT2D eigenvalue weighted by atomic mass is 32.2. The number of rotatable bonds is 1. The zero-order chi connectivity index (χ0) is 9.84. The predicted octanol–water partition coefficient (Wildman–Crippen LogP) is 1.56. The third-order valence-corrected chi connectivity index (χ3v) is 5.03. The molecule has 0 aromatic heterocycles. The van der Waals surface area contributed by atoms with Crippen LogP contribution in [0.15, 0.2) is 0 Å². The summed E-state index contributed by atoms with van der Waals surface area (Å²) in [4.78, 5) is 1.91. The fourth-order valence-corrected chi connectivity index (χ4v) is 3.50. The van der Waals surface area contributed by atoms with Gasteiger partial charge in [0.25, 0.3) is 0 Å². The van der Waals surface area contributed by atoms with Crippen molar-refractivity contribution >= 4 is 56.5 Å². The van der Waals surface area contributed by atoms with Gasteiger partial charge in [-0.15, -0.1) is 11.8 Å². The molecular formula is C7H12N2S4. The molecule has 1 fully saturated rings. The fourth-order valence-electron chi connectivity index (χ4n) is 0.808. The fraction of sp³-hybridized carbons (Fsp3) is 0.714. The monoisotopic (exact) mass is 252 g/mol. The molecule has 1 saturated heterocycles. The second kappa shape index (κ2) is 5.50. The van der Waals surface area contributed by atoms with Crippen LogP contribution < -0.4 is 5.32 Å². The molecule has 13 heavy (non-hydrogen) atoms. The van der Waals surface area contributed by atoms with E-state index in [2.05, 4.69) is 5.32 Å². The molecule has 2 nitrogen and oxygen atoms in total. The van der Waals surface area contributed by atoms with Gasteiger partial charge in [0.1, 0.15) is 4.32 Å². The third kappa shape index (κ3) is 3.71. The maximum Gasteiger partial charge on any atom is 0.141 e. The van der Waals surface area contributed by atoms with Crippen molar-refractivity contribution in [2.75, 3.05) is 26.4 Å². The van der Waals surface area contributed by atoms with E-state index >= 15 is 0 Å². The number of hydrogen-bond donors (Lipinski definition) is 1. The Morgan fingerprint density at radius 2 is 2.23 bits per heavy atom. The van der Waals surface area contributed by atoms with Crippen LogP contribution in [0.25, 0.3) is 0 Å². The van der Waals surface area contributed by atoms with Gasteiger partial charge in [0, 0.05) is 26.4 Å². The van der Waals surface area contributed by atoms with Gasteiger partial charge in [-0.3, -0.25) is 5.32 Å². The Morgan fingerprint density at radius 1 is 1.54 bits per heavy atom. The topological polar surface area (TPSA) is 15.3 Å². The van der Waals surface area contributed by atoms with Crippen LogP contribution in [0.3, 0.4) is 0 Å². The van der Waals surface area contributed by atoms with Crippen LogP contribution in [-0.4, -0.2) is 45.2 Å². The van der Waals surface area contributed by atoms with Crippen LogP contribution in [0.1, 0.15) is 0 Å². The molecule has 6 heteroatoms. The predicted molar refractivity (Wildman–Crippen MR) is 70.7 cm³/mol. The van der Waals surface area contributed by atoms with Crippen molar-refractivity contribution in [1.82, 2.24) is 10.2 Å². The lowest BCUT2D eigenvalue weighted by molar-refractivity contribution is 0.648. The Hall–Kier alpha value is 0.640. The Kier molecular flexibility index (Phi) is 4.96. The van der Waals surface area contributed by atoms with E-state index in [1.54, 1.807) is 0 Å². The maximum absolute atomic E-state index is 5.27. The number of nitrogens with one attached hydrogen (secondary N) is 1. The molecule has 0 radical (unpaired) electrons. The van der Waals surface area contributed by atoms with Crippen molar-refractivity contribution in [2.45, 2.75) is 5.37 Å². The Labute approximate surface area is 98.2 Å². The highest BCUT2D eigenvalue weighted by Gasteiger charge is 2.21. The molecule has 1 rings (SSSR count). The van der Waals surface area contributed by atoms with Gasteiger partial charge in [0.2, 0.25) is 0 Å². The number of nitrogens with zero attached hydrogens (tertiary/aromatic N) is 1. The van der Waals surface area contributed by atoms with E-state index in [1.165, 1.54) is 11.8 Å². The molecule has 0 spiro atoms. The summed E-state index contributed by atoms with van der Waals surface area (Å²) in [5, 5.41) is 3.63. The molecule has 1 aliphatic rings. The van der Waals surface area contributed by atoms with E-state index in [-0.39, 0.29) is 0 Å². The average molecular weight is 252 g/mol. The molecule has 0 aliphatic carbocycles. The summed E-state index contributed by atoms with van der Waals surface area (Å²) in [6.45, 7) is 1.05. The summed E-state index contributed by atoms with van der Waals surface area (Å²) < 4.78 is 1.78. The van der Waals surface area contributed by atoms with E-state index in [0.29, 0.717) is 5.37 Å². The van der Waals surface area contributed by atoms with Crippen molar-refractivity contribution in [1.29, 1.82) is 0 Å². The van der Waals surface area contributed by atoms with E-state index in [1.807, 2.05) is 30.8 Å². The van der Waals surface area contributed by atoms with Crippen molar-refractivity contribution in [2.24, 2.45) is 0 Å². The summed E-state index contributed by atoms with van der Waals surface area (Å²) >= 11 is 13.8. The standard InChI is InChI=1S/C7H12N2S4/c1-9(2)7(11)13-6(10)5-8-3-4-12-5/h5,8H,3-4H2,1-2H3. The first-order chi connectivity index (χ1) is 6.11. The van der Waals surface area contributed by atoms with Crippen molar-refractivity contribution < 1.29 is 0 Å². The lowest BCUT2D eigenvalue weighted by Gasteiger charge is -2.15. The molecule has 1 atom stereocenters. The Morgan fingerprint density at radius 3 is 2.69 bits per heavy atom. The van der Waals surface area contributed by atoms with Crippen LogP contribution in [0, 0.1) is 0 Å². The highest BCUT2D eigenvalue weighted by molar-refractivity contribution is 8.38. The minimum absolute atomic E-state index is 0.304. The zero-order valence-corrected chi connectivity index (χ0v) is 10.8. The smallest absolute Gasteiger partial charge is 0.141 e. The Balaban J connectivity index is 2.36. The quantitative estimate of drug-likeness (QED) is 0.707. The zero-order valence-electron chi connectivity index (χ0n) is 7.57. The van der Waals surface area contributed by atoms with Crippen LogP contribution in [0.4, 0.5) is 0 Å². The van der Waals surface area contributed by atoms with Gasteiger partial charge in [0.05, 0.1) is 9.57 Å². The van der Waals surface area contributed by atoms with Crippen molar-refractivity contribution in [3.05, 3.63) is 0 Å². The second-order valence-electron chi connectivity index (χ2n) is 2.79. The van der Waals surface area contributed by atoms with Crippen molar-refractivity contribution in [3.63, 3.8) is 0 Å². The normalized spacial score (nSPS) is 21.5.